The number of fused-ring (bicyclic) bond motifs is 1. The molecule has 0 atom stereocenters. The summed E-state index contributed by atoms with van der Waals surface area (Å²) in [6.07, 6.45) is 2.41. The lowest BCUT2D eigenvalue weighted by Gasteiger charge is -2.41. The Hall–Kier alpha value is -2.36. The van der Waals surface area contributed by atoms with Crippen LogP contribution in [0.5, 0.6) is 0 Å². The second kappa shape index (κ2) is 5.20. The summed E-state index contributed by atoms with van der Waals surface area (Å²) in [5.74, 6) is -1.05. The Morgan fingerprint density at radius 3 is 2.48 bits per heavy atom. The number of carbonyl (C=O) groups is 2. The van der Waals surface area contributed by atoms with Crippen LogP contribution in [-0.4, -0.2) is 22.5 Å². The standard InChI is InChI=1S/C17H17NO3/c19-15(20)11-17(9-4-10-17)18-16(21)14-8-3-6-12-5-1-2-7-13(12)14/h1-3,5-8H,4,9-11H2,(H,18,21)(H,19,20). The minimum atomic E-state index is -0.868. The summed E-state index contributed by atoms with van der Waals surface area (Å²) in [5.41, 5.74) is 0.0321. The van der Waals surface area contributed by atoms with Gasteiger partial charge in [-0.15, -0.1) is 0 Å². The first-order valence-electron chi connectivity index (χ1n) is 7.12. The summed E-state index contributed by atoms with van der Waals surface area (Å²) in [7, 11) is 0. The second-order valence-corrected chi connectivity index (χ2v) is 5.69. The van der Waals surface area contributed by atoms with Gasteiger partial charge in [-0.25, -0.2) is 0 Å². The van der Waals surface area contributed by atoms with Crippen LogP contribution in [0.1, 0.15) is 36.0 Å². The first kappa shape index (κ1) is 13.6. The van der Waals surface area contributed by atoms with Crippen molar-refractivity contribution in [2.45, 2.75) is 31.2 Å². The monoisotopic (exact) mass is 283 g/mol. The fourth-order valence-corrected chi connectivity index (χ4v) is 2.97. The Balaban J connectivity index is 1.89. The van der Waals surface area contributed by atoms with E-state index in [1.807, 2.05) is 36.4 Å². The van der Waals surface area contributed by atoms with Crippen molar-refractivity contribution in [1.29, 1.82) is 0 Å². The van der Waals surface area contributed by atoms with Crippen LogP contribution in [-0.2, 0) is 4.79 Å². The number of benzene rings is 2. The highest BCUT2D eigenvalue weighted by molar-refractivity contribution is 6.07. The molecule has 1 amide bonds. The molecule has 1 aliphatic carbocycles. The van der Waals surface area contributed by atoms with Crippen LogP contribution >= 0.6 is 0 Å². The van der Waals surface area contributed by atoms with E-state index in [1.54, 1.807) is 6.07 Å². The van der Waals surface area contributed by atoms with Gasteiger partial charge in [-0.05, 0) is 36.1 Å². The van der Waals surface area contributed by atoms with Crippen LogP contribution in [0.2, 0.25) is 0 Å². The van der Waals surface area contributed by atoms with Crippen molar-refractivity contribution in [2.24, 2.45) is 0 Å². The molecule has 1 saturated carbocycles. The van der Waals surface area contributed by atoms with Crippen LogP contribution in [0.15, 0.2) is 42.5 Å². The van der Waals surface area contributed by atoms with Crippen molar-refractivity contribution in [3.63, 3.8) is 0 Å². The van der Waals surface area contributed by atoms with Crippen LogP contribution in [0.25, 0.3) is 10.8 Å². The number of carboxylic acid groups (broad SMARTS) is 1. The molecule has 0 aromatic heterocycles. The lowest BCUT2D eigenvalue weighted by molar-refractivity contribution is -0.139. The molecule has 0 saturated heterocycles. The van der Waals surface area contributed by atoms with Gasteiger partial charge in [0.05, 0.1) is 12.0 Å². The van der Waals surface area contributed by atoms with E-state index in [9.17, 15) is 9.59 Å². The van der Waals surface area contributed by atoms with Gasteiger partial charge in [0.25, 0.3) is 5.91 Å². The van der Waals surface area contributed by atoms with Crippen molar-refractivity contribution >= 4 is 22.6 Å². The largest absolute Gasteiger partial charge is 0.481 e. The van der Waals surface area contributed by atoms with Crippen LogP contribution < -0.4 is 5.32 Å². The molecule has 0 unspecified atom stereocenters. The van der Waals surface area contributed by atoms with E-state index in [1.165, 1.54) is 0 Å². The van der Waals surface area contributed by atoms with Gasteiger partial charge in [-0.1, -0.05) is 36.4 Å². The SMILES string of the molecule is O=C(O)CC1(NC(=O)c2cccc3ccccc23)CCC1. The smallest absolute Gasteiger partial charge is 0.305 e. The summed E-state index contributed by atoms with van der Waals surface area (Å²) in [5, 5.41) is 13.9. The van der Waals surface area contributed by atoms with E-state index >= 15 is 0 Å². The van der Waals surface area contributed by atoms with Crippen LogP contribution in [0.4, 0.5) is 0 Å². The number of rotatable bonds is 4. The van der Waals surface area contributed by atoms with E-state index in [0.29, 0.717) is 5.56 Å². The fraction of sp³-hybridized carbons (Fsp3) is 0.294. The molecular formula is C17H17NO3. The number of nitrogens with one attached hydrogen (secondary N) is 1. The predicted octanol–water partition coefficient (Wildman–Crippen LogP) is 2.97. The van der Waals surface area contributed by atoms with E-state index in [0.717, 1.165) is 30.0 Å². The maximum atomic E-state index is 12.5. The Kier molecular flexibility index (Phi) is 3.37. The van der Waals surface area contributed by atoms with Gasteiger partial charge >= 0.3 is 5.97 Å². The molecule has 0 radical (unpaired) electrons. The molecule has 0 bridgehead atoms. The fourth-order valence-electron chi connectivity index (χ4n) is 2.97. The molecule has 0 spiro atoms. The predicted molar refractivity (Wildman–Crippen MR) is 80.2 cm³/mol. The molecule has 2 aromatic carbocycles. The Bertz CT molecular complexity index is 699. The molecule has 4 nitrogen and oxygen atoms in total. The molecule has 108 valence electrons. The third-order valence-electron chi connectivity index (χ3n) is 4.21. The van der Waals surface area contributed by atoms with Crippen molar-refractivity contribution in [2.75, 3.05) is 0 Å². The van der Waals surface area contributed by atoms with Crippen molar-refractivity contribution in [3.05, 3.63) is 48.0 Å². The molecule has 0 aliphatic heterocycles. The lowest BCUT2D eigenvalue weighted by Crippen LogP contribution is -2.54. The zero-order chi connectivity index (χ0) is 14.9. The van der Waals surface area contributed by atoms with Gasteiger partial charge in [0.2, 0.25) is 0 Å². The molecule has 3 rings (SSSR count). The highest BCUT2D eigenvalue weighted by Crippen LogP contribution is 2.35. The average Bonchev–Trinajstić information content (AvgIpc) is 2.43. The molecule has 0 heterocycles. The van der Waals surface area contributed by atoms with Gasteiger partial charge in [0.15, 0.2) is 0 Å². The Morgan fingerprint density at radius 1 is 1.10 bits per heavy atom. The minimum absolute atomic E-state index is 0.0104. The zero-order valence-electron chi connectivity index (χ0n) is 11.6. The number of carbonyl (C=O) groups excluding carboxylic acids is 1. The van der Waals surface area contributed by atoms with E-state index in [-0.39, 0.29) is 12.3 Å². The van der Waals surface area contributed by atoms with Gasteiger partial charge in [-0.3, -0.25) is 9.59 Å². The van der Waals surface area contributed by atoms with Crippen molar-refractivity contribution in [3.8, 4) is 0 Å². The Morgan fingerprint density at radius 2 is 1.81 bits per heavy atom. The normalized spacial score (nSPS) is 16.2. The molecule has 1 aliphatic rings. The number of hydrogen-bond acceptors (Lipinski definition) is 2. The zero-order valence-corrected chi connectivity index (χ0v) is 11.6. The molecule has 2 aromatic rings. The third kappa shape index (κ3) is 2.61. The highest BCUT2D eigenvalue weighted by atomic mass is 16.4. The first-order valence-corrected chi connectivity index (χ1v) is 7.12. The van der Waals surface area contributed by atoms with Gasteiger partial charge in [0, 0.05) is 5.56 Å². The lowest BCUT2D eigenvalue weighted by atomic mass is 9.74. The third-order valence-corrected chi connectivity index (χ3v) is 4.21. The van der Waals surface area contributed by atoms with Gasteiger partial charge in [0.1, 0.15) is 0 Å². The minimum Gasteiger partial charge on any atom is -0.481 e. The Labute approximate surface area is 122 Å². The quantitative estimate of drug-likeness (QED) is 0.906. The average molecular weight is 283 g/mol. The molecule has 4 heteroatoms. The second-order valence-electron chi connectivity index (χ2n) is 5.69. The van der Waals surface area contributed by atoms with Crippen molar-refractivity contribution in [1.82, 2.24) is 5.32 Å². The van der Waals surface area contributed by atoms with Crippen LogP contribution in [0.3, 0.4) is 0 Å². The van der Waals surface area contributed by atoms with Gasteiger partial charge < -0.3 is 10.4 Å². The summed E-state index contributed by atoms with van der Waals surface area (Å²) in [6.45, 7) is 0. The van der Waals surface area contributed by atoms with Crippen LogP contribution in [0, 0.1) is 0 Å². The van der Waals surface area contributed by atoms with E-state index in [4.69, 9.17) is 5.11 Å². The van der Waals surface area contributed by atoms with E-state index < -0.39 is 11.5 Å². The summed E-state index contributed by atoms with van der Waals surface area (Å²) >= 11 is 0. The number of amides is 1. The molecule has 1 fully saturated rings. The summed E-state index contributed by atoms with van der Waals surface area (Å²) in [4.78, 5) is 23.5. The number of hydrogen-bond donors (Lipinski definition) is 2. The maximum absolute atomic E-state index is 12.5. The molecule has 2 N–H and O–H groups in total. The topological polar surface area (TPSA) is 66.4 Å². The van der Waals surface area contributed by atoms with Gasteiger partial charge in [-0.2, -0.15) is 0 Å². The molecule has 21 heavy (non-hydrogen) atoms. The molecular weight excluding hydrogens is 266 g/mol. The summed E-state index contributed by atoms with van der Waals surface area (Å²) < 4.78 is 0. The summed E-state index contributed by atoms with van der Waals surface area (Å²) in [6, 6.07) is 13.3. The van der Waals surface area contributed by atoms with E-state index in [2.05, 4.69) is 5.32 Å². The number of carboxylic acids is 1. The highest BCUT2D eigenvalue weighted by Gasteiger charge is 2.40. The van der Waals surface area contributed by atoms with Crippen molar-refractivity contribution < 1.29 is 14.7 Å². The maximum Gasteiger partial charge on any atom is 0.305 e. The first-order chi connectivity index (χ1) is 10.1. The number of aliphatic carboxylic acids is 1.